The number of ether oxygens (including phenoxy) is 1. The Morgan fingerprint density at radius 3 is 2.37 bits per heavy atom. The average molecular weight is 281 g/mol. The van der Waals surface area contributed by atoms with Crippen molar-refractivity contribution < 1.29 is 23.0 Å². The molecule has 0 aromatic rings. The van der Waals surface area contributed by atoms with E-state index in [-0.39, 0.29) is 19.4 Å². The summed E-state index contributed by atoms with van der Waals surface area (Å²) in [5, 5.41) is 10.8. The molecule has 1 aliphatic heterocycles. The Morgan fingerprint density at radius 1 is 1.21 bits per heavy atom. The van der Waals surface area contributed by atoms with E-state index in [1.807, 2.05) is 0 Å². The Balaban J connectivity index is 2.20. The van der Waals surface area contributed by atoms with Crippen molar-refractivity contribution in [2.45, 2.75) is 50.3 Å². The fraction of sp³-hybridized carbons (Fsp3) is 1.00. The first kappa shape index (κ1) is 15.1. The lowest BCUT2D eigenvalue weighted by atomic mass is 9.59. The van der Waals surface area contributed by atoms with Crippen LogP contribution in [-0.2, 0) is 4.74 Å². The molecule has 3 nitrogen and oxygen atoms in total. The van der Waals surface area contributed by atoms with E-state index in [2.05, 4.69) is 0 Å². The van der Waals surface area contributed by atoms with Gasteiger partial charge < -0.3 is 15.6 Å². The van der Waals surface area contributed by atoms with Gasteiger partial charge in [-0.1, -0.05) is 0 Å². The predicted molar refractivity (Wildman–Crippen MR) is 64.5 cm³/mol. The van der Waals surface area contributed by atoms with Crippen molar-refractivity contribution in [3.05, 3.63) is 0 Å². The molecule has 2 aliphatic rings. The lowest BCUT2D eigenvalue weighted by molar-refractivity contribution is -0.224. The van der Waals surface area contributed by atoms with Crippen molar-refractivity contribution in [3.63, 3.8) is 0 Å². The molecular formula is C13H22F3NO2. The largest absolute Gasteiger partial charge is 0.391 e. The summed E-state index contributed by atoms with van der Waals surface area (Å²) in [6.07, 6.45) is -2.42. The first-order valence-electron chi connectivity index (χ1n) is 6.90. The van der Waals surface area contributed by atoms with Gasteiger partial charge in [0.2, 0.25) is 0 Å². The highest BCUT2D eigenvalue weighted by molar-refractivity contribution is 5.04. The molecule has 2 atom stereocenters. The Hall–Kier alpha value is -0.330. The molecule has 2 unspecified atom stereocenters. The van der Waals surface area contributed by atoms with Crippen LogP contribution in [0.25, 0.3) is 0 Å². The fourth-order valence-corrected chi connectivity index (χ4v) is 3.64. The van der Waals surface area contributed by atoms with Gasteiger partial charge >= 0.3 is 6.18 Å². The van der Waals surface area contributed by atoms with Crippen molar-refractivity contribution in [3.8, 4) is 0 Å². The van der Waals surface area contributed by atoms with Crippen LogP contribution in [0.5, 0.6) is 0 Å². The van der Waals surface area contributed by atoms with Crippen molar-refractivity contribution in [2.24, 2.45) is 17.1 Å². The van der Waals surface area contributed by atoms with E-state index in [0.717, 1.165) is 0 Å². The summed E-state index contributed by atoms with van der Waals surface area (Å²) in [5.74, 6) is -1.41. The molecule has 0 radical (unpaired) electrons. The average Bonchev–Trinajstić information content (AvgIpc) is 2.38. The molecule has 1 aliphatic carbocycles. The van der Waals surface area contributed by atoms with Gasteiger partial charge in [-0.2, -0.15) is 13.2 Å². The molecule has 3 N–H and O–H groups in total. The summed E-state index contributed by atoms with van der Waals surface area (Å²) in [7, 11) is 0. The van der Waals surface area contributed by atoms with E-state index in [1.165, 1.54) is 0 Å². The highest BCUT2D eigenvalue weighted by Gasteiger charge is 2.55. The van der Waals surface area contributed by atoms with Gasteiger partial charge in [0.1, 0.15) is 0 Å². The van der Waals surface area contributed by atoms with E-state index in [0.29, 0.717) is 38.9 Å². The summed E-state index contributed by atoms with van der Waals surface area (Å²) in [6, 6.07) is 0. The van der Waals surface area contributed by atoms with Gasteiger partial charge in [0, 0.05) is 25.2 Å². The SMILES string of the molecule is NCC1(C2(O)CCCC(C(F)(F)F)C2)CCOCC1. The second-order valence-corrected chi connectivity index (χ2v) is 5.96. The zero-order valence-corrected chi connectivity index (χ0v) is 11.0. The zero-order valence-electron chi connectivity index (χ0n) is 11.0. The smallest absolute Gasteiger partial charge is 0.389 e. The number of nitrogens with two attached hydrogens (primary N) is 1. The maximum absolute atomic E-state index is 12.9. The van der Waals surface area contributed by atoms with Gasteiger partial charge in [0.25, 0.3) is 0 Å². The molecule has 0 aromatic carbocycles. The Bertz CT molecular complexity index is 316. The molecule has 0 spiro atoms. The molecule has 6 heteroatoms. The first-order valence-corrected chi connectivity index (χ1v) is 6.90. The highest BCUT2D eigenvalue weighted by Crippen LogP contribution is 2.52. The third kappa shape index (κ3) is 2.76. The standard InChI is InChI=1S/C13H22F3NO2/c14-13(15,16)10-2-1-3-12(18,8-10)11(9-17)4-6-19-7-5-11/h10,18H,1-9,17H2. The minimum Gasteiger partial charge on any atom is -0.389 e. The van der Waals surface area contributed by atoms with E-state index in [4.69, 9.17) is 10.5 Å². The van der Waals surface area contributed by atoms with Crippen LogP contribution in [0, 0.1) is 11.3 Å². The molecule has 19 heavy (non-hydrogen) atoms. The number of hydrogen-bond donors (Lipinski definition) is 2. The molecule has 1 saturated carbocycles. The Kier molecular flexibility index (Phi) is 4.14. The molecule has 0 bridgehead atoms. The maximum atomic E-state index is 12.9. The van der Waals surface area contributed by atoms with Crippen molar-refractivity contribution in [2.75, 3.05) is 19.8 Å². The van der Waals surface area contributed by atoms with Crippen molar-refractivity contribution in [1.29, 1.82) is 0 Å². The Morgan fingerprint density at radius 2 is 1.84 bits per heavy atom. The molecule has 1 heterocycles. The number of hydrogen-bond acceptors (Lipinski definition) is 3. The van der Waals surface area contributed by atoms with Crippen LogP contribution in [0.4, 0.5) is 13.2 Å². The third-order valence-electron chi connectivity index (χ3n) is 5.02. The fourth-order valence-electron chi connectivity index (χ4n) is 3.64. The summed E-state index contributed by atoms with van der Waals surface area (Å²) < 4.78 is 44.0. The third-order valence-corrected chi connectivity index (χ3v) is 5.02. The molecule has 2 fully saturated rings. The van der Waals surface area contributed by atoms with Gasteiger partial charge in [-0.15, -0.1) is 0 Å². The summed E-state index contributed by atoms with van der Waals surface area (Å²) in [6.45, 7) is 1.16. The van der Waals surface area contributed by atoms with Gasteiger partial charge in [-0.3, -0.25) is 0 Å². The zero-order chi connectivity index (χ0) is 14.1. The van der Waals surface area contributed by atoms with Crippen LogP contribution in [0.15, 0.2) is 0 Å². The number of rotatable bonds is 2. The molecule has 0 aromatic heterocycles. The van der Waals surface area contributed by atoms with Crippen LogP contribution in [-0.4, -0.2) is 36.6 Å². The summed E-state index contributed by atoms with van der Waals surface area (Å²) >= 11 is 0. The van der Waals surface area contributed by atoms with E-state index >= 15 is 0 Å². The maximum Gasteiger partial charge on any atom is 0.391 e. The summed E-state index contributed by atoms with van der Waals surface area (Å²) in [4.78, 5) is 0. The minimum atomic E-state index is -4.23. The second-order valence-electron chi connectivity index (χ2n) is 5.96. The molecule has 2 rings (SSSR count). The van der Waals surface area contributed by atoms with Crippen LogP contribution >= 0.6 is 0 Å². The van der Waals surface area contributed by atoms with Gasteiger partial charge in [-0.05, 0) is 38.5 Å². The van der Waals surface area contributed by atoms with Gasteiger partial charge in [-0.25, -0.2) is 0 Å². The number of aliphatic hydroxyl groups is 1. The first-order chi connectivity index (χ1) is 8.83. The molecular weight excluding hydrogens is 259 g/mol. The lowest BCUT2D eigenvalue weighted by Gasteiger charge is -2.52. The molecule has 0 amide bonds. The van der Waals surface area contributed by atoms with E-state index < -0.39 is 23.1 Å². The Labute approximate surface area is 111 Å². The van der Waals surface area contributed by atoms with Crippen LogP contribution in [0.3, 0.4) is 0 Å². The quantitative estimate of drug-likeness (QED) is 0.816. The number of alkyl halides is 3. The van der Waals surface area contributed by atoms with E-state index in [1.54, 1.807) is 0 Å². The van der Waals surface area contributed by atoms with Crippen LogP contribution in [0.2, 0.25) is 0 Å². The number of halogens is 3. The topological polar surface area (TPSA) is 55.5 Å². The highest BCUT2D eigenvalue weighted by atomic mass is 19.4. The second kappa shape index (κ2) is 5.22. The lowest BCUT2D eigenvalue weighted by Crippen LogP contribution is -2.58. The van der Waals surface area contributed by atoms with Crippen LogP contribution in [0.1, 0.15) is 38.5 Å². The molecule has 1 saturated heterocycles. The van der Waals surface area contributed by atoms with Crippen LogP contribution < -0.4 is 5.73 Å². The van der Waals surface area contributed by atoms with Crippen molar-refractivity contribution >= 4 is 0 Å². The molecule has 112 valence electrons. The minimum absolute atomic E-state index is 0.114. The summed E-state index contributed by atoms with van der Waals surface area (Å²) in [5.41, 5.74) is 3.89. The normalized spacial score (nSPS) is 36.2. The predicted octanol–water partition coefficient (Wildman–Crippen LogP) is 2.23. The van der Waals surface area contributed by atoms with Gasteiger partial charge in [0.05, 0.1) is 11.5 Å². The monoisotopic (exact) mass is 281 g/mol. The van der Waals surface area contributed by atoms with Gasteiger partial charge in [0.15, 0.2) is 0 Å². The van der Waals surface area contributed by atoms with Crippen molar-refractivity contribution in [1.82, 2.24) is 0 Å². The van der Waals surface area contributed by atoms with E-state index in [9.17, 15) is 18.3 Å².